The van der Waals surface area contributed by atoms with Gasteiger partial charge in [-0.1, -0.05) is 0 Å². The highest BCUT2D eigenvalue weighted by Gasteiger charge is 2.06. The number of anilines is 1. The molecule has 0 saturated heterocycles. The molecule has 0 spiro atoms. The van der Waals surface area contributed by atoms with Crippen LogP contribution >= 0.6 is 15.9 Å². The van der Waals surface area contributed by atoms with Gasteiger partial charge in [0.05, 0.1) is 5.56 Å². The molecule has 2 aromatic heterocycles. The van der Waals surface area contributed by atoms with Gasteiger partial charge in [0.15, 0.2) is 0 Å². The normalized spacial score (nSPS) is 10.0. The van der Waals surface area contributed by atoms with Crippen molar-refractivity contribution in [3.8, 4) is 0 Å². The monoisotopic (exact) mass is 291 g/mol. The Hall–Kier alpha value is -1.75. The smallest absolute Gasteiger partial charge is 0.257 e. The molecule has 2 aromatic rings. The molecule has 0 aromatic carbocycles. The summed E-state index contributed by atoms with van der Waals surface area (Å²) in [5, 5.41) is 2.78. The van der Waals surface area contributed by atoms with Crippen LogP contribution in [0, 0.1) is 6.92 Å². The lowest BCUT2D eigenvalue weighted by molar-refractivity contribution is 0.102. The molecule has 0 atom stereocenters. The number of aryl methyl sites for hydroxylation is 1. The highest BCUT2D eigenvalue weighted by molar-refractivity contribution is 9.10. The molecule has 0 aliphatic rings. The lowest BCUT2D eigenvalue weighted by atomic mass is 10.2. The number of carbonyl (C=O) groups is 1. The van der Waals surface area contributed by atoms with Crippen molar-refractivity contribution >= 4 is 27.5 Å². The minimum atomic E-state index is -0.185. The van der Waals surface area contributed by atoms with E-state index in [1.54, 1.807) is 24.4 Å². The van der Waals surface area contributed by atoms with Crippen molar-refractivity contribution in [2.24, 2.45) is 0 Å². The van der Waals surface area contributed by atoms with Gasteiger partial charge in [-0.25, -0.2) is 4.98 Å². The number of nitrogens with one attached hydrogen (secondary N) is 1. The zero-order valence-corrected chi connectivity index (χ0v) is 10.7. The first-order valence-corrected chi connectivity index (χ1v) is 5.80. The van der Waals surface area contributed by atoms with Crippen molar-refractivity contribution < 1.29 is 4.79 Å². The van der Waals surface area contributed by atoms with Crippen LogP contribution in [0.1, 0.15) is 16.1 Å². The quantitative estimate of drug-likeness (QED) is 0.866. The number of pyridine rings is 2. The zero-order valence-electron chi connectivity index (χ0n) is 9.14. The Kier molecular flexibility index (Phi) is 3.49. The van der Waals surface area contributed by atoms with E-state index in [2.05, 4.69) is 31.2 Å². The maximum Gasteiger partial charge on any atom is 0.257 e. The lowest BCUT2D eigenvalue weighted by Gasteiger charge is -2.05. The summed E-state index contributed by atoms with van der Waals surface area (Å²) in [6.45, 7) is 1.87. The summed E-state index contributed by atoms with van der Waals surface area (Å²) < 4.78 is 0.703. The van der Waals surface area contributed by atoms with Crippen molar-refractivity contribution in [3.05, 3.63) is 52.5 Å². The molecule has 0 radical (unpaired) electrons. The highest BCUT2D eigenvalue weighted by Crippen LogP contribution is 2.11. The number of carbonyl (C=O) groups excluding carboxylic acids is 1. The maximum absolute atomic E-state index is 11.8. The van der Waals surface area contributed by atoms with Gasteiger partial charge in [-0.3, -0.25) is 9.78 Å². The first kappa shape index (κ1) is 11.7. The Morgan fingerprint density at radius 1 is 1.29 bits per heavy atom. The molecule has 5 heteroatoms. The van der Waals surface area contributed by atoms with E-state index in [4.69, 9.17) is 0 Å². The molecular weight excluding hydrogens is 282 g/mol. The standard InChI is InChI=1S/C12H10BrN3O/c1-8-6-10(4-5-14-8)16-12(17)9-2-3-11(13)15-7-9/h2-7H,1H3,(H,14,16,17). The number of halogens is 1. The van der Waals surface area contributed by atoms with Gasteiger partial charge in [-0.2, -0.15) is 0 Å². The summed E-state index contributed by atoms with van der Waals surface area (Å²) in [5.41, 5.74) is 2.10. The second kappa shape index (κ2) is 5.05. The van der Waals surface area contributed by atoms with E-state index >= 15 is 0 Å². The minimum Gasteiger partial charge on any atom is -0.322 e. The maximum atomic E-state index is 11.8. The topological polar surface area (TPSA) is 54.9 Å². The van der Waals surface area contributed by atoms with Gasteiger partial charge in [0.25, 0.3) is 5.91 Å². The molecule has 2 heterocycles. The van der Waals surface area contributed by atoms with E-state index in [1.165, 1.54) is 6.20 Å². The van der Waals surface area contributed by atoms with Crippen LogP contribution < -0.4 is 5.32 Å². The number of hydrogen-bond donors (Lipinski definition) is 1. The van der Waals surface area contributed by atoms with Gasteiger partial charge in [0.2, 0.25) is 0 Å². The van der Waals surface area contributed by atoms with Crippen molar-refractivity contribution in [1.29, 1.82) is 0 Å². The molecule has 0 aliphatic heterocycles. The molecule has 1 amide bonds. The van der Waals surface area contributed by atoms with Crippen LogP contribution in [0.3, 0.4) is 0 Å². The summed E-state index contributed by atoms with van der Waals surface area (Å²) in [4.78, 5) is 19.9. The number of hydrogen-bond acceptors (Lipinski definition) is 3. The van der Waals surface area contributed by atoms with Crippen molar-refractivity contribution in [2.45, 2.75) is 6.92 Å². The summed E-state index contributed by atoms with van der Waals surface area (Å²) in [6.07, 6.45) is 3.18. The first-order chi connectivity index (χ1) is 8.15. The van der Waals surface area contributed by atoms with Crippen LogP contribution in [-0.4, -0.2) is 15.9 Å². The Morgan fingerprint density at radius 3 is 2.76 bits per heavy atom. The highest BCUT2D eigenvalue weighted by atomic mass is 79.9. The van der Waals surface area contributed by atoms with E-state index in [0.717, 1.165) is 11.4 Å². The summed E-state index contributed by atoms with van der Waals surface area (Å²) in [7, 11) is 0. The molecule has 86 valence electrons. The summed E-state index contributed by atoms with van der Waals surface area (Å²) in [5.74, 6) is -0.185. The van der Waals surface area contributed by atoms with Crippen LogP contribution in [0.15, 0.2) is 41.3 Å². The third-order valence-electron chi connectivity index (χ3n) is 2.14. The molecule has 2 rings (SSSR count). The summed E-state index contributed by atoms with van der Waals surface area (Å²) >= 11 is 3.22. The Bertz CT molecular complexity index is 540. The fraction of sp³-hybridized carbons (Fsp3) is 0.0833. The van der Waals surface area contributed by atoms with E-state index in [9.17, 15) is 4.79 Å². The number of aromatic nitrogens is 2. The van der Waals surface area contributed by atoms with E-state index < -0.39 is 0 Å². The molecule has 0 unspecified atom stereocenters. The largest absolute Gasteiger partial charge is 0.322 e. The zero-order chi connectivity index (χ0) is 12.3. The third-order valence-corrected chi connectivity index (χ3v) is 2.61. The third kappa shape index (κ3) is 3.10. The molecule has 0 fully saturated rings. The molecule has 0 bridgehead atoms. The Morgan fingerprint density at radius 2 is 2.12 bits per heavy atom. The van der Waals surface area contributed by atoms with Crippen molar-refractivity contribution in [1.82, 2.24) is 9.97 Å². The Labute approximate surface area is 107 Å². The molecular formula is C12H10BrN3O. The number of rotatable bonds is 2. The summed E-state index contributed by atoms with van der Waals surface area (Å²) in [6, 6.07) is 6.99. The number of nitrogens with zero attached hydrogens (tertiary/aromatic N) is 2. The second-order valence-electron chi connectivity index (χ2n) is 3.51. The van der Waals surface area contributed by atoms with Gasteiger partial charge in [0.1, 0.15) is 4.60 Å². The molecule has 4 nitrogen and oxygen atoms in total. The van der Waals surface area contributed by atoms with E-state index in [1.807, 2.05) is 13.0 Å². The molecule has 17 heavy (non-hydrogen) atoms. The van der Waals surface area contributed by atoms with Crippen LogP contribution in [-0.2, 0) is 0 Å². The minimum absolute atomic E-state index is 0.185. The van der Waals surface area contributed by atoms with E-state index in [-0.39, 0.29) is 5.91 Å². The van der Waals surface area contributed by atoms with Gasteiger partial charge >= 0.3 is 0 Å². The fourth-order valence-corrected chi connectivity index (χ4v) is 1.57. The lowest BCUT2D eigenvalue weighted by Crippen LogP contribution is -2.12. The predicted molar refractivity (Wildman–Crippen MR) is 68.9 cm³/mol. The van der Waals surface area contributed by atoms with Crippen molar-refractivity contribution in [2.75, 3.05) is 5.32 Å². The van der Waals surface area contributed by atoms with Gasteiger partial charge < -0.3 is 5.32 Å². The van der Waals surface area contributed by atoms with Gasteiger partial charge in [0, 0.05) is 23.8 Å². The Balaban J connectivity index is 2.14. The SMILES string of the molecule is Cc1cc(NC(=O)c2ccc(Br)nc2)ccn1. The number of amides is 1. The predicted octanol–water partition coefficient (Wildman–Crippen LogP) is 2.80. The van der Waals surface area contributed by atoms with Crippen molar-refractivity contribution in [3.63, 3.8) is 0 Å². The second-order valence-corrected chi connectivity index (χ2v) is 4.32. The van der Waals surface area contributed by atoms with Crippen LogP contribution in [0.4, 0.5) is 5.69 Å². The van der Waals surface area contributed by atoms with Crippen LogP contribution in [0.25, 0.3) is 0 Å². The average molecular weight is 292 g/mol. The van der Waals surface area contributed by atoms with Gasteiger partial charge in [-0.15, -0.1) is 0 Å². The molecule has 0 aliphatic carbocycles. The first-order valence-electron chi connectivity index (χ1n) is 5.01. The van der Waals surface area contributed by atoms with Gasteiger partial charge in [-0.05, 0) is 47.1 Å². The van der Waals surface area contributed by atoms with E-state index in [0.29, 0.717) is 10.2 Å². The van der Waals surface area contributed by atoms with Crippen LogP contribution in [0.5, 0.6) is 0 Å². The fourth-order valence-electron chi connectivity index (χ4n) is 1.34. The average Bonchev–Trinajstić information content (AvgIpc) is 2.29. The molecule has 1 N–H and O–H groups in total. The van der Waals surface area contributed by atoms with Crippen LogP contribution in [0.2, 0.25) is 0 Å². The molecule has 0 saturated carbocycles.